The highest BCUT2D eigenvalue weighted by Gasteiger charge is 2.24. The van der Waals surface area contributed by atoms with Crippen LogP contribution in [0.15, 0.2) is 23.1 Å². The number of nitrogens with one attached hydrogen (secondary N) is 1. The quantitative estimate of drug-likeness (QED) is 0.825. The van der Waals surface area contributed by atoms with Gasteiger partial charge in [0, 0.05) is 11.7 Å². The number of hydrogen-bond donors (Lipinski definition) is 2. The Kier molecular flexibility index (Phi) is 4.53. The number of carbonyl (C=O) groups excluding carboxylic acids is 1. The van der Waals surface area contributed by atoms with Gasteiger partial charge in [-0.25, -0.2) is 18.4 Å². The molecule has 1 aromatic rings. The first-order valence-corrected chi connectivity index (χ1v) is 8.37. The highest BCUT2D eigenvalue weighted by Crippen LogP contribution is 2.29. The van der Waals surface area contributed by atoms with Gasteiger partial charge in [-0.05, 0) is 43.4 Å². The molecule has 0 bridgehead atoms. The Labute approximate surface area is 124 Å². The van der Waals surface area contributed by atoms with Crippen LogP contribution in [0.5, 0.6) is 0 Å². The lowest BCUT2D eigenvalue weighted by molar-refractivity contribution is 0.0601. The van der Waals surface area contributed by atoms with Crippen LogP contribution >= 0.6 is 0 Å². The van der Waals surface area contributed by atoms with Gasteiger partial charge in [-0.15, -0.1) is 0 Å². The minimum Gasteiger partial charge on any atom is -0.465 e. The summed E-state index contributed by atoms with van der Waals surface area (Å²) in [5.74, 6) is 0.0572. The lowest BCUT2D eigenvalue weighted by Crippen LogP contribution is -2.19. The van der Waals surface area contributed by atoms with E-state index in [2.05, 4.69) is 12.2 Å². The zero-order chi connectivity index (χ0) is 15.6. The molecule has 1 saturated carbocycles. The number of hydrogen-bond acceptors (Lipinski definition) is 5. The molecule has 1 aliphatic carbocycles. The summed E-state index contributed by atoms with van der Waals surface area (Å²) in [7, 11) is -2.60. The summed E-state index contributed by atoms with van der Waals surface area (Å²) in [6, 6.07) is 4.49. The Morgan fingerprint density at radius 3 is 2.62 bits per heavy atom. The van der Waals surface area contributed by atoms with Crippen molar-refractivity contribution in [2.75, 3.05) is 12.4 Å². The first kappa shape index (κ1) is 15.8. The molecule has 1 aliphatic rings. The third-order valence-corrected chi connectivity index (χ3v) is 4.69. The summed E-state index contributed by atoms with van der Waals surface area (Å²) < 4.78 is 27.5. The van der Waals surface area contributed by atoms with Gasteiger partial charge in [0.25, 0.3) is 0 Å². The summed E-state index contributed by atoms with van der Waals surface area (Å²) in [5.41, 5.74) is 0.761. The Morgan fingerprint density at radius 1 is 1.38 bits per heavy atom. The number of carbonyl (C=O) groups is 1. The number of primary sulfonamides is 1. The minimum absolute atomic E-state index is 0.103. The van der Waals surface area contributed by atoms with Crippen LogP contribution in [-0.2, 0) is 14.8 Å². The van der Waals surface area contributed by atoms with Crippen LogP contribution < -0.4 is 10.5 Å². The van der Waals surface area contributed by atoms with E-state index in [1.807, 2.05) is 0 Å². The van der Waals surface area contributed by atoms with Crippen LogP contribution in [0.2, 0.25) is 0 Å². The molecule has 0 heterocycles. The van der Waals surface area contributed by atoms with Crippen LogP contribution in [0, 0.1) is 5.92 Å². The van der Waals surface area contributed by atoms with E-state index in [0.29, 0.717) is 11.6 Å². The van der Waals surface area contributed by atoms with E-state index < -0.39 is 16.0 Å². The maximum absolute atomic E-state index is 11.9. The average molecular weight is 312 g/mol. The molecule has 21 heavy (non-hydrogen) atoms. The number of rotatable bonds is 4. The van der Waals surface area contributed by atoms with E-state index in [4.69, 9.17) is 9.88 Å². The first-order valence-electron chi connectivity index (χ1n) is 6.83. The monoisotopic (exact) mass is 312 g/mol. The molecule has 0 aromatic heterocycles. The molecule has 0 amide bonds. The molecular weight excluding hydrogens is 292 g/mol. The third kappa shape index (κ3) is 3.74. The van der Waals surface area contributed by atoms with E-state index in [1.165, 1.54) is 19.2 Å². The van der Waals surface area contributed by atoms with Crippen molar-refractivity contribution in [1.29, 1.82) is 0 Å². The van der Waals surface area contributed by atoms with Crippen LogP contribution in [0.25, 0.3) is 0 Å². The fourth-order valence-corrected chi connectivity index (χ4v) is 3.20. The van der Waals surface area contributed by atoms with Crippen LogP contribution in [0.4, 0.5) is 5.69 Å². The molecule has 2 rings (SSSR count). The molecule has 1 fully saturated rings. The number of methoxy groups -OCH3 is 1. The number of nitrogens with two attached hydrogens (primary N) is 1. The lowest BCUT2D eigenvalue weighted by atomic mass is 10.1. The van der Waals surface area contributed by atoms with Crippen molar-refractivity contribution in [2.45, 2.75) is 37.1 Å². The van der Waals surface area contributed by atoms with Crippen LogP contribution in [0.1, 0.15) is 36.5 Å². The molecule has 0 saturated heterocycles. The van der Waals surface area contributed by atoms with Gasteiger partial charge in [0.05, 0.1) is 17.6 Å². The predicted molar refractivity (Wildman–Crippen MR) is 79.6 cm³/mol. The molecule has 1 aromatic carbocycles. The summed E-state index contributed by atoms with van der Waals surface area (Å²) in [6.07, 6.45) is 3.19. The summed E-state index contributed by atoms with van der Waals surface area (Å²) in [5, 5.41) is 8.40. The van der Waals surface area contributed by atoms with Crippen molar-refractivity contribution in [3.63, 3.8) is 0 Å². The van der Waals surface area contributed by atoms with E-state index >= 15 is 0 Å². The van der Waals surface area contributed by atoms with Crippen molar-refractivity contribution in [3.8, 4) is 0 Å². The Hall–Kier alpha value is -1.60. The van der Waals surface area contributed by atoms with E-state index in [0.717, 1.165) is 19.3 Å². The van der Waals surface area contributed by atoms with Gasteiger partial charge in [0.2, 0.25) is 10.0 Å². The molecule has 0 radical (unpaired) electrons. The molecule has 2 unspecified atom stereocenters. The molecule has 3 N–H and O–H groups in total. The Morgan fingerprint density at radius 2 is 2.10 bits per heavy atom. The number of esters is 1. The van der Waals surface area contributed by atoms with E-state index in [-0.39, 0.29) is 16.5 Å². The highest BCUT2D eigenvalue weighted by molar-refractivity contribution is 7.89. The van der Waals surface area contributed by atoms with Crippen molar-refractivity contribution >= 4 is 21.7 Å². The van der Waals surface area contributed by atoms with Crippen molar-refractivity contribution in [1.82, 2.24) is 0 Å². The maximum Gasteiger partial charge on any atom is 0.340 e. The van der Waals surface area contributed by atoms with Crippen molar-refractivity contribution in [3.05, 3.63) is 23.8 Å². The van der Waals surface area contributed by atoms with E-state index in [1.54, 1.807) is 6.07 Å². The zero-order valence-corrected chi connectivity index (χ0v) is 12.9. The van der Waals surface area contributed by atoms with Gasteiger partial charge in [-0.1, -0.05) is 6.92 Å². The molecule has 7 heteroatoms. The maximum atomic E-state index is 11.9. The van der Waals surface area contributed by atoms with Gasteiger partial charge in [-0.2, -0.15) is 0 Å². The molecule has 0 aliphatic heterocycles. The number of sulfonamides is 1. The average Bonchev–Trinajstić information content (AvgIpc) is 2.82. The van der Waals surface area contributed by atoms with Gasteiger partial charge in [0.15, 0.2) is 0 Å². The first-order chi connectivity index (χ1) is 9.81. The van der Waals surface area contributed by atoms with Gasteiger partial charge < -0.3 is 10.1 Å². The molecule has 116 valence electrons. The number of ether oxygens (including phenoxy) is 1. The predicted octanol–water partition coefficient (Wildman–Crippen LogP) is 1.72. The topological polar surface area (TPSA) is 98.5 Å². The molecule has 6 nitrogen and oxygen atoms in total. The smallest absolute Gasteiger partial charge is 0.340 e. The summed E-state index contributed by atoms with van der Waals surface area (Å²) in [6.45, 7) is 2.19. The minimum atomic E-state index is -3.86. The molecule has 0 spiro atoms. The van der Waals surface area contributed by atoms with Gasteiger partial charge >= 0.3 is 5.97 Å². The fourth-order valence-electron chi connectivity index (χ4n) is 2.66. The lowest BCUT2D eigenvalue weighted by Gasteiger charge is -2.17. The second-order valence-corrected chi connectivity index (χ2v) is 7.06. The third-order valence-electron chi connectivity index (χ3n) is 3.78. The summed E-state index contributed by atoms with van der Waals surface area (Å²) >= 11 is 0. The Bertz CT molecular complexity index is 642. The second kappa shape index (κ2) is 6.03. The number of anilines is 1. The SMILES string of the molecule is COC(=O)c1cc(S(N)(=O)=O)ccc1NC1CCC(C)C1. The largest absolute Gasteiger partial charge is 0.465 e. The number of benzene rings is 1. The molecule has 2 atom stereocenters. The Balaban J connectivity index is 2.33. The standard InChI is InChI=1S/C14H20N2O4S/c1-9-3-4-10(7-9)16-13-6-5-11(21(15,18)19)8-12(13)14(17)20-2/h5-6,8-10,16H,3-4,7H2,1-2H3,(H2,15,18,19). The zero-order valence-electron chi connectivity index (χ0n) is 12.1. The van der Waals surface area contributed by atoms with Crippen molar-refractivity contribution < 1.29 is 17.9 Å². The van der Waals surface area contributed by atoms with Crippen LogP contribution in [-0.4, -0.2) is 27.5 Å². The van der Waals surface area contributed by atoms with Gasteiger partial charge in [0.1, 0.15) is 0 Å². The highest BCUT2D eigenvalue weighted by atomic mass is 32.2. The second-order valence-electron chi connectivity index (χ2n) is 5.50. The van der Waals surface area contributed by atoms with Crippen molar-refractivity contribution in [2.24, 2.45) is 11.1 Å². The summed E-state index contributed by atoms with van der Waals surface area (Å²) in [4.78, 5) is 11.8. The van der Waals surface area contributed by atoms with E-state index in [9.17, 15) is 13.2 Å². The van der Waals surface area contributed by atoms with Gasteiger partial charge in [-0.3, -0.25) is 0 Å². The molecular formula is C14H20N2O4S. The normalized spacial score (nSPS) is 22.0. The van der Waals surface area contributed by atoms with Crippen LogP contribution in [0.3, 0.4) is 0 Å². The fraction of sp³-hybridized carbons (Fsp3) is 0.500.